The molecule has 30 heavy (non-hydrogen) atoms. The number of carbonyl (C=O) groups excluding carboxylic acids is 4. The number of carbonyl (C=O) groups is 5. The lowest BCUT2D eigenvalue weighted by atomic mass is 10.0. The summed E-state index contributed by atoms with van der Waals surface area (Å²) in [7, 11) is 0. The lowest BCUT2D eigenvalue weighted by Crippen LogP contribution is -2.57. The topological polar surface area (TPSA) is 220 Å². The fourth-order valence-corrected chi connectivity index (χ4v) is 2.59. The molecule has 12 heteroatoms. The molecule has 3 unspecified atom stereocenters. The van der Waals surface area contributed by atoms with Crippen LogP contribution in [0.2, 0.25) is 0 Å². The van der Waals surface area contributed by atoms with Crippen molar-refractivity contribution in [2.24, 2.45) is 23.1 Å². The van der Waals surface area contributed by atoms with E-state index in [1.54, 1.807) is 0 Å². The van der Waals surface area contributed by atoms with Gasteiger partial charge in [0.1, 0.15) is 18.6 Å². The molecule has 0 heterocycles. The van der Waals surface area contributed by atoms with Crippen LogP contribution < -0.4 is 33.2 Å². The fourth-order valence-electron chi connectivity index (χ4n) is 2.59. The number of carboxylic acid groups (broad SMARTS) is 1. The molecule has 0 spiro atoms. The summed E-state index contributed by atoms with van der Waals surface area (Å²) in [5.41, 5.74) is 16.4. The van der Waals surface area contributed by atoms with Crippen molar-refractivity contribution < 1.29 is 29.1 Å². The van der Waals surface area contributed by atoms with E-state index in [4.69, 9.17) is 22.3 Å². The number of nitrogens with two attached hydrogens (primary N) is 3. The highest BCUT2D eigenvalue weighted by atomic mass is 16.4. The van der Waals surface area contributed by atoms with E-state index < -0.39 is 60.7 Å². The molecule has 0 saturated carbocycles. The first kappa shape index (κ1) is 27.3. The summed E-state index contributed by atoms with van der Waals surface area (Å²) >= 11 is 0. The number of hydrogen-bond acceptors (Lipinski definition) is 7. The van der Waals surface area contributed by atoms with Gasteiger partial charge in [-0.1, -0.05) is 20.3 Å². The summed E-state index contributed by atoms with van der Waals surface area (Å²) < 4.78 is 0. The predicted octanol–water partition coefficient (Wildman–Crippen LogP) is -2.47. The van der Waals surface area contributed by atoms with Crippen molar-refractivity contribution in [1.29, 1.82) is 0 Å². The number of aliphatic carboxylic acids is 1. The third-order valence-corrected chi connectivity index (χ3v) is 4.10. The molecule has 172 valence electrons. The third-order valence-electron chi connectivity index (χ3n) is 4.10. The van der Waals surface area contributed by atoms with Gasteiger partial charge in [0.05, 0.1) is 12.5 Å². The predicted molar refractivity (Wildman–Crippen MR) is 109 cm³/mol. The van der Waals surface area contributed by atoms with Crippen LogP contribution in [0.1, 0.15) is 46.0 Å². The highest BCUT2D eigenvalue weighted by molar-refractivity contribution is 5.95. The molecule has 10 N–H and O–H groups in total. The number of primary amides is 1. The van der Waals surface area contributed by atoms with Crippen LogP contribution in [0.4, 0.5) is 0 Å². The standard InChI is InChI=1S/C18H34N6O6/c1-10(2)7-12(17(29)22-9-15(26)27)24-18(30)13(8-14(21)25)23-16(28)11(20)5-3-4-6-19/h10-13H,3-9,19-20H2,1-2H3,(H2,21,25)(H,22,29)(H,23,28)(H,24,30)(H,26,27). The fraction of sp³-hybridized carbons (Fsp3) is 0.722. The molecule has 3 atom stereocenters. The van der Waals surface area contributed by atoms with E-state index >= 15 is 0 Å². The zero-order chi connectivity index (χ0) is 23.3. The smallest absolute Gasteiger partial charge is 0.322 e. The van der Waals surface area contributed by atoms with E-state index in [0.29, 0.717) is 25.8 Å². The summed E-state index contributed by atoms with van der Waals surface area (Å²) in [6.07, 6.45) is 1.39. The van der Waals surface area contributed by atoms with E-state index in [-0.39, 0.29) is 12.3 Å². The highest BCUT2D eigenvalue weighted by Crippen LogP contribution is 2.07. The minimum absolute atomic E-state index is 0.00831. The lowest BCUT2D eigenvalue weighted by molar-refractivity contribution is -0.139. The van der Waals surface area contributed by atoms with Gasteiger partial charge < -0.3 is 38.3 Å². The first-order chi connectivity index (χ1) is 14.0. The van der Waals surface area contributed by atoms with Gasteiger partial charge in [0, 0.05) is 0 Å². The van der Waals surface area contributed by atoms with Crippen LogP contribution >= 0.6 is 0 Å². The molecular weight excluding hydrogens is 396 g/mol. The van der Waals surface area contributed by atoms with Crippen LogP contribution in [-0.2, 0) is 24.0 Å². The van der Waals surface area contributed by atoms with Gasteiger partial charge in [-0.25, -0.2) is 0 Å². The summed E-state index contributed by atoms with van der Waals surface area (Å²) in [6.45, 7) is 3.48. The van der Waals surface area contributed by atoms with Crippen molar-refractivity contribution in [3.05, 3.63) is 0 Å². The SMILES string of the molecule is CC(C)CC(NC(=O)C(CC(N)=O)NC(=O)C(N)CCCCN)C(=O)NCC(=O)O. The van der Waals surface area contributed by atoms with Crippen molar-refractivity contribution in [3.8, 4) is 0 Å². The monoisotopic (exact) mass is 430 g/mol. The second kappa shape index (κ2) is 14.3. The van der Waals surface area contributed by atoms with Gasteiger partial charge in [-0.05, 0) is 31.7 Å². The van der Waals surface area contributed by atoms with Gasteiger partial charge in [-0.2, -0.15) is 0 Å². The molecule has 12 nitrogen and oxygen atoms in total. The molecule has 0 aliphatic rings. The molecule has 0 radical (unpaired) electrons. The Kier molecular flexibility index (Phi) is 13.0. The van der Waals surface area contributed by atoms with Crippen LogP contribution in [0.3, 0.4) is 0 Å². The van der Waals surface area contributed by atoms with Crippen molar-refractivity contribution in [1.82, 2.24) is 16.0 Å². The lowest BCUT2D eigenvalue weighted by Gasteiger charge is -2.24. The number of unbranched alkanes of at least 4 members (excludes halogenated alkanes) is 1. The Balaban J connectivity index is 5.17. The summed E-state index contributed by atoms with van der Waals surface area (Å²) in [4.78, 5) is 59.2. The van der Waals surface area contributed by atoms with Crippen LogP contribution in [0, 0.1) is 5.92 Å². The minimum atomic E-state index is -1.32. The maximum absolute atomic E-state index is 12.6. The van der Waals surface area contributed by atoms with Gasteiger partial charge >= 0.3 is 5.97 Å². The van der Waals surface area contributed by atoms with Crippen LogP contribution in [0.25, 0.3) is 0 Å². The van der Waals surface area contributed by atoms with E-state index in [2.05, 4.69) is 16.0 Å². The quantitative estimate of drug-likeness (QED) is 0.138. The molecule has 0 aromatic heterocycles. The summed E-state index contributed by atoms with van der Waals surface area (Å²) in [6, 6.07) is -3.27. The Hall–Kier alpha value is -2.73. The molecule has 0 rings (SSSR count). The Morgan fingerprint density at radius 2 is 1.53 bits per heavy atom. The number of amides is 4. The average Bonchev–Trinajstić information content (AvgIpc) is 2.64. The average molecular weight is 431 g/mol. The van der Waals surface area contributed by atoms with Crippen molar-refractivity contribution in [2.75, 3.05) is 13.1 Å². The zero-order valence-corrected chi connectivity index (χ0v) is 17.5. The van der Waals surface area contributed by atoms with E-state index in [1.165, 1.54) is 0 Å². The first-order valence-electron chi connectivity index (χ1n) is 9.82. The molecule has 0 aromatic rings. The third kappa shape index (κ3) is 12.0. The van der Waals surface area contributed by atoms with Crippen molar-refractivity contribution >= 4 is 29.6 Å². The molecule has 0 bridgehead atoms. The minimum Gasteiger partial charge on any atom is -0.480 e. The van der Waals surface area contributed by atoms with Crippen LogP contribution in [0.15, 0.2) is 0 Å². The molecule has 0 saturated heterocycles. The van der Waals surface area contributed by atoms with Gasteiger partial charge in [0.15, 0.2) is 0 Å². The van der Waals surface area contributed by atoms with E-state index in [9.17, 15) is 24.0 Å². The Morgan fingerprint density at radius 3 is 2.03 bits per heavy atom. The number of hydrogen-bond donors (Lipinski definition) is 7. The second-order valence-electron chi connectivity index (χ2n) is 7.42. The Morgan fingerprint density at radius 1 is 0.933 bits per heavy atom. The van der Waals surface area contributed by atoms with Gasteiger partial charge in [0.2, 0.25) is 23.6 Å². The molecule has 0 aliphatic heterocycles. The summed E-state index contributed by atoms with van der Waals surface area (Å²) in [5, 5.41) is 15.7. The maximum atomic E-state index is 12.6. The zero-order valence-electron chi connectivity index (χ0n) is 17.5. The van der Waals surface area contributed by atoms with Crippen molar-refractivity contribution in [2.45, 2.75) is 64.1 Å². The van der Waals surface area contributed by atoms with Crippen LogP contribution in [-0.4, -0.2) is 65.9 Å². The van der Waals surface area contributed by atoms with Gasteiger partial charge in [-0.3, -0.25) is 24.0 Å². The second-order valence-corrected chi connectivity index (χ2v) is 7.42. The first-order valence-corrected chi connectivity index (χ1v) is 9.82. The maximum Gasteiger partial charge on any atom is 0.322 e. The molecule has 0 fully saturated rings. The molecule has 4 amide bonds. The normalized spacial score (nSPS) is 13.8. The highest BCUT2D eigenvalue weighted by Gasteiger charge is 2.29. The van der Waals surface area contributed by atoms with Gasteiger partial charge in [0.25, 0.3) is 0 Å². The van der Waals surface area contributed by atoms with Crippen molar-refractivity contribution in [3.63, 3.8) is 0 Å². The largest absolute Gasteiger partial charge is 0.480 e. The molecular formula is C18H34N6O6. The molecule has 0 aromatic carbocycles. The Labute approximate surface area is 175 Å². The number of carboxylic acids is 1. The summed E-state index contributed by atoms with van der Waals surface area (Å²) in [5.74, 6) is -4.20. The Bertz CT molecular complexity index is 612. The van der Waals surface area contributed by atoms with E-state index in [1.807, 2.05) is 13.8 Å². The van der Waals surface area contributed by atoms with Gasteiger partial charge in [-0.15, -0.1) is 0 Å². The van der Waals surface area contributed by atoms with E-state index in [0.717, 1.165) is 0 Å². The number of rotatable bonds is 15. The molecule has 0 aliphatic carbocycles. The number of nitrogens with one attached hydrogen (secondary N) is 3. The van der Waals surface area contributed by atoms with Crippen LogP contribution in [0.5, 0.6) is 0 Å².